The maximum Gasteiger partial charge on any atom is 0.408 e. The molecule has 0 unspecified atom stereocenters. The second-order valence-electron chi connectivity index (χ2n) is 8.81. The average molecular weight is 508 g/mol. The Labute approximate surface area is 201 Å². The summed E-state index contributed by atoms with van der Waals surface area (Å²) < 4.78 is 70.7. The van der Waals surface area contributed by atoms with Gasteiger partial charge in [-0.3, -0.25) is 4.98 Å². The van der Waals surface area contributed by atoms with Crippen molar-refractivity contribution < 1.29 is 31.1 Å². The number of sulfonamides is 1. The molecule has 0 aliphatic carbocycles. The van der Waals surface area contributed by atoms with Crippen LogP contribution in [0.15, 0.2) is 59.6 Å². The SMILES string of the molecule is CC(C)(C)OC(=O)N[C@@H](Cc1cc(F)cc(F)c1)c1ncccc1-c1ccc(F)c(S(N)(=O)=O)c1. The molecule has 3 aromatic rings. The third-order valence-electron chi connectivity index (χ3n) is 4.77. The molecule has 0 saturated carbocycles. The lowest BCUT2D eigenvalue weighted by atomic mass is 9.95. The van der Waals surface area contributed by atoms with Crippen LogP contribution in [-0.2, 0) is 21.2 Å². The van der Waals surface area contributed by atoms with E-state index in [2.05, 4.69) is 10.3 Å². The van der Waals surface area contributed by atoms with Crippen LogP contribution in [0.1, 0.15) is 38.1 Å². The molecule has 0 spiro atoms. The first-order valence-electron chi connectivity index (χ1n) is 10.4. The number of benzene rings is 2. The maximum absolute atomic E-state index is 14.1. The summed E-state index contributed by atoms with van der Waals surface area (Å²) in [6.07, 6.45) is 0.542. The third kappa shape index (κ3) is 7.03. The standard InChI is InChI=1S/C24H24F3N3O4S/c1-24(2,3)34-23(31)30-20(11-14-9-16(25)13-17(26)10-14)22-18(5-4-8-29-22)15-6-7-19(27)21(12-15)35(28,32)33/h4-10,12-13,20H,11H2,1-3H3,(H,30,31)(H2,28,32,33)/t20-/m0/s1. The van der Waals surface area contributed by atoms with Crippen molar-refractivity contribution in [2.45, 2.75) is 43.7 Å². The van der Waals surface area contributed by atoms with Gasteiger partial charge in [0, 0.05) is 17.8 Å². The van der Waals surface area contributed by atoms with E-state index < -0.39 is 50.1 Å². The second kappa shape index (κ2) is 10.0. The predicted octanol–water partition coefficient (Wildman–Crippen LogP) is 4.62. The van der Waals surface area contributed by atoms with Crippen LogP contribution in [0.2, 0.25) is 0 Å². The van der Waals surface area contributed by atoms with E-state index in [9.17, 15) is 26.4 Å². The van der Waals surface area contributed by atoms with Gasteiger partial charge < -0.3 is 10.1 Å². The van der Waals surface area contributed by atoms with Gasteiger partial charge in [0.25, 0.3) is 0 Å². The van der Waals surface area contributed by atoms with E-state index in [0.29, 0.717) is 5.56 Å². The molecule has 0 aliphatic heterocycles. The van der Waals surface area contributed by atoms with Gasteiger partial charge in [-0.15, -0.1) is 0 Å². The number of primary sulfonamides is 1. The molecule has 2 aromatic carbocycles. The zero-order valence-corrected chi connectivity index (χ0v) is 20.0. The molecule has 7 nitrogen and oxygen atoms in total. The number of hydrogen-bond acceptors (Lipinski definition) is 5. The van der Waals surface area contributed by atoms with Gasteiger partial charge in [0.15, 0.2) is 0 Å². The Balaban J connectivity index is 2.11. The Morgan fingerprint density at radius 1 is 1.09 bits per heavy atom. The number of pyridine rings is 1. The van der Waals surface area contributed by atoms with Crippen molar-refractivity contribution in [2.24, 2.45) is 5.14 Å². The normalized spacial score (nSPS) is 12.8. The number of aromatic nitrogens is 1. The molecule has 0 saturated heterocycles. The molecule has 1 atom stereocenters. The number of halogens is 3. The molecular weight excluding hydrogens is 483 g/mol. The Morgan fingerprint density at radius 3 is 2.34 bits per heavy atom. The highest BCUT2D eigenvalue weighted by Crippen LogP contribution is 2.31. The molecule has 11 heteroatoms. The van der Waals surface area contributed by atoms with Crippen molar-refractivity contribution >= 4 is 16.1 Å². The Hall–Kier alpha value is -3.44. The molecule has 0 bridgehead atoms. The number of nitrogens with one attached hydrogen (secondary N) is 1. The van der Waals surface area contributed by atoms with Crippen LogP contribution in [0.3, 0.4) is 0 Å². The number of hydrogen-bond donors (Lipinski definition) is 2. The summed E-state index contributed by atoms with van der Waals surface area (Å²) in [6.45, 7) is 5.01. The number of amides is 1. The molecule has 3 rings (SSSR count). The molecule has 3 N–H and O–H groups in total. The molecular formula is C24H24F3N3O4S. The summed E-state index contributed by atoms with van der Waals surface area (Å²) in [5.74, 6) is -2.62. The van der Waals surface area contributed by atoms with Crippen molar-refractivity contribution in [3.63, 3.8) is 0 Å². The van der Waals surface area contributed by atoms with Gasteiger partial charge in [-0.2, -0.15) is 0 Å². The number of nitrogens with two attached hydrogens (primary N) is 1. The van der Waals surface area contributed by atoms with E-state index in [-0.39, 0.29) is 23.2 Å². The van der Waals surface area contributed by atoms with E-state index in [4.69, 9.17) is 9.88 Å². The van der Waals surface area contributed by atoms with Crippen molar-refractivity contribution in [2.75, 3.05) is 0 Å². The second-order valence-corrected chi connectivity index (χ2v) is 10.3. The fourth-order valence-electron chi connectivity index (χ4n) is 3.46. The van der Waals surface area contributed by atoms with Crippen LogP contribution in [-0.4, -0.2) is 25.1 Å². The molecule has 1 heterocycles. The molecule has 1 amide bonds. The lowest BCUT2D eigenvalue weighted by Crippen LogP contribution is -2.36. The Kier molecular flexibility index (Phi) is 7.51. The van der Waals surface area contributed by atoms with Crippen LogP contribution >= 0.6 is 0 Å². The van der Waals surface area contributed by atoms with E-state index in [1.165, 1.54) is 12.3 Å². The van der Waals surface area contributed by atoms with Gasteiger partial charge in [-0.05, 0) is 68.7 Å². The zero-order chi connectivity index (χ0) is 26.0. The monoisotopic (exact) mass is 507 g/mol. The van der Waals surface area contributed by atoms with Gasteiger partial charge in [0.2, 0.25) is 10.0 Å². The number of carbonyl (C=O) groups is 1. The highest BCUT2D eigenvalue weighted by atomic mass is 32.2. The smallest absolute Gasteiger partial charge is 0.408 e. The lowest BCUT2D eigenvalue weighted by Gasteiger charge is -2.25. The van der Waals surface area contributed by atoms with Crippen LogP contribution in [0.4, 0.5) is 18.0 Å². The van der Waals surface area contributed by atoms with E-state index in [1.807, 2.05) is 0 Å². The number of alkyl carbamates (subject to hydrolysis) is 1. The minimum atomic E-state index is -4.36. The first-order valence-corrected chi connectivity index (χ1v) is 12.0. The topological polar surface area (TPSA) is 111 Å². The molecule has 35 heavy (non-hydrogen) atoms. The Morgan fingerprint density at radius 2 is 1.74 bits per heavy atom. The lowest BCUT2D eigenvalue weighted by molar-refractivity contribution is 0.0502. The summed E-state index contributed by atoms with van der Waals surface area (Å²) in [5.41, 5.74) is 0.225. The van der Waals surface area contributed by atoms with Crippen molar-refractivity contribution in [3.05, 3.63) is 83.4 Å². The molecule has 0 radical (unpaired) electrons. The Bertz CT molecular complexity index is 1340. The van der Waals surface area contributed by atoms with Gasteiger partial charge in [-0.1, -0.05) is 12.1 Å². The summed E-state index contributed by atoms with van der Waals surface area (Å²) in [4.78, 5) is 16.2. The molecule has 186 valence electrons. The first kappa shape index (κ1) is 26.2. The molecule has 0 fully saturated rings. The molecule has 1 aromatic heterocycles. The quantitative estimate of drug-likeness (QED) is 0.506. The fraction of sp³-hybridized carbons (Fsp3) is 0.250. The first-order chi connectivity index (χ1) is 16.2. The fourth-order valence-corrected chi connectivity index (χ4v) is 4.09. The average Bonchev–Trinajstić information content (AvgIpc) is 2.71. The van der Waals surface area contributed by atoms with Gasteiger partial charge >= 0.3 is 6.09 Å². The van der Waals surface area contributed by atoms with Crippen molar-refractivity contribution in [1.82, 2.24) is 10.3 Å². The minimum absolute atomic E-state index is 0.0822. The van der Waals surface area contributed by atoms with Gasteiger partial charge in [0.1, 0.15) is 27.9 Å². The number of carbonyl (C=O) groups excluding carboxylic acids is 1. The number of nitrogens with zero attached hydrogens (tertiary/aromatic N) is 1. The summed E-state index contributed by atoms with van der Waals surface area (Å²) >= 11 is 0. The number of ether oxygens (including phenoxy) is 1. The van der Waals surface area contributed by atoms with E-state index >= 15 is 0 Å². The van der Waals surface area contributed by atoms with Gasteiger partial charge in [0.05, 0.1) is 11.7 Å². The number of rotatable bonds is 6. The molecule has 0 aliphatic rings. The third-order valence-corrected chi connectivity index (χ3v) is 5.70. The van der Waals surface area contributed by atoms with E-state index in [0.717, 1.165) is 30.3 Å². The van der Waals surface area contributed by atoms with Crippen molar-refractivity contribution in [1.29, 1.82) is 0 Å². The maximum atomic E-state index is 14.1. The summed E-state index contributed by atoms with van der Waals surface area (Å²) in [6, 6.07) is 8.48. The van der Waals surface area contributed by atoms with Crippen LogP contribution in [0, 0.1) is 17.5 Å². The van der Waals surface area contributed by atoms with Crippen LogP contribution in [0.25, 0.3) is 11.1 Å². The summed E-state index contributed by atoms with van der Waals surface area (Å²) in [7, 11) is -4.36. The van der Waals surface area contributed by atoms with Crippen LogP contribution < -0.4 is 10.5 Å². The highest BCUT2D eigenvalue weighted by molar-refractivity contribution is 7.89. The largest absolute Gasteiger partial charge is 0.444 e. The van der Waals surface area contributed by atoms with E-state index in [1.54, 1.807) is 32.9 Å². The summed E-state index contributed by atoms with van der Waals surface area (Å²) in [5, 5.41) is 7.79. The predicted molar refractivity (Wildman–Crippen MR) is 123 cm³/mol. The van der Waals surface area contributed by atoms with Crippen LogP contribution in [0.5, 0.6) is 0 Å². The highest BCUT2D eigenvalue weighted by Gasteiger charge is 2.25. The minimum Gasteiger partial charge on any atom is -0.444 e. The van der Waals surface area contributed by atoms with Gasteiger partial charge in [-0.25, -0.2) is 31.5 Å². The zero-order valence-electron chi connectivity index (χ0n) is 19.2. The van der Waals surface area contributed by atoms with Crippen molar-refractivity contribution in [3.8, 4) is 11.1 Å².